The topological polar surface area (TPSA) is 105 Å². The van der Waals surface area contributed by atoms with Crippen LogP contribution in [0.4, 0.5) is 5.69 Å². The highest BCUT2D eigenvalue weighted by Gasteiger charge is 2.43. The number of anilines is 1. The predicted molar refractivity (Wildman–Crippen MR) is 140 cm³/mol. The van der Waals surface area contributed by atoms with Gasteiger partial charge in [-0.2, -0.15) is 5.26 Å². The average molecular weight is 507 g/mol. The SMILES string of the molecule is CCC(C(=O)Nc1c(C)cc(C#N)cc1C(=O)OC)[N+]1(CC(=O)OCc2ccccc2)CCCCCC1. The summed E-state index contributed by atoms with van der Waals surface area (Å²) in [5, 5.41) is 12.3. The molecule has 2 aromatic rings. The van der Waals surface area contributed by atoms with Crippen LogP contribution >= 0.6 is 0 Å². The lowest BCUT2D eigenvalue weighted by Crippen LogP contribution is -2.62. The fourth-order valence-corrected chi connectivity index (χ4v) is 5.26. The van der Waals surface area contributed by atoms with Gasteiger partial charge < -0.3 is 19.3 Å². The number of esters is 2. The summed E-state index contributed by atoms with van der Waals surface area (Å²) in [7, 11) is 1.26. The van der Waals surface area contributed by atoms with E-state index in [-0.39, 0.29) is 30.6 Å². The molecule has 1 N–H and O–H groups in total. The van der Waals surface area contributed by atoms with Gasteiger partial charge in [0.25, 0.3) is 5.91 Å². The number of quaternary nitrogens is 1. The molecular formula is C29H36N3O5+. The van der Waals surface area contributed by atoms with Gasteiger partial charge in [0.2, 0.25) is 0 Å². The van der Waals surface area contributed by atoms with Crippen LogP contribution in [0.3, 0.4) is 0 Å². The summed E-state index contributed by atoms with van der Waals surface area (Å²) in [5.41, 5.74) is 2.27. The third kappa shape index (κ3) is 6.95. The number of benzene rings is 2. The summed E-state index contributed by atoms with van der Waals surface area (Å²) >= 11 is 0. The Labute approximate surface area is 218 Å². The Morgan fingerprint density at radius 2 is 1.76 bits per heavy atom. The Hall–Kier alpha value is -3.70. The Kier molecular flexibility index (Phi) is 9.81. The van der Waals surface area contributed by atoms with Crippen molar-refractivity contribution in [2.75, 3.05) is 32.1 Å². The number of rotatable bonds is 9. The zero-order valence-electron chi connectivity index (χ0n) is 21.9. The number of likely N-dealkylation sites (tertiary alicyclic amines) is 1. The second-order valence-corrected chi connectivity index (χ2v) is 9.62. The Morgan fingerprint density at radius 3 is 2.35 bits per heavy atom. The van der Waals surface area contributed by atoms with E-state index < -0.39 is 12.0 Å². The van der Waals surface area contributed by atoms with Crippen LogP contribution in [0.5, 0.6) is 0 Å². The van der Waals surface area contributed by atoms with Crippen molar-refractivity contribution in [1.29, 1.82) is 5.26 Å². The molecule has 1 heterocycles. The average Bonchev–Trinajstić information content (AvgIpc) is 3.14. The number of nitrogens with zero attached hydrogens (tertiary/aromatic N) is 2. The Bertz CT molecular complexity index is 1150. The van der Waals surface area contributed by atoms with E-state index in [1.807, 2.05) is 43.3 Å². The minimum atomic E-state index is -0.633. The fourth-order valence-electron chi connectivity index (χ4n) is 5.26. The number of nitrogens with one attached hydrogen (secondary N) is 1. The van der Waals surface area contributed by atoms with Crippen molar-refractivity contribution < 1.29 is 28.3 Å². The maximum absolute atomic E-state index is 13.8. The maximum atomic E-state index is 13.8. The quantitative estimate of drug-likeness (QED) is 0.396. The first kappa shape index (κ1) is 27.9. The molecule has 0 aromatic heterocycles. The van der Waals surface area contributed by atoms with E-state index in [9.17, 15) is 19.6 Å². The van der Waals surface area contributed by atoms with Gasteiger partial charge in [0.05, 0.1) is 43.1 Å². The standard InChI is InChI=1S/C29H35N3O5/c1-4-25(28(34)31-27-21(2)16-23(18-30)17-24(27)29(35)36-3)32(14-10-5-6-11-15-32)19-26(33)37-20-22-12-8-7-9-13-22/h7-9,12-13,16-17,25H,4-6,10-11,14-15,19-20H2,1-3H3/p+1. The molecule has 1 aliphatic rings. The Morgan fingerprint density at radius 1 is 1.08 bits per heavy atom. The first-order chi connectivity index (χ1) is 17.8. The number of ether oxygens (including phenoxy) is 2. The molecular weight excluding hydrogens is 470 g/mol. The van der Waals surface area contributed by atoms with Gasteiger partial charge in [0.15, 0.2) is 12.6 Å². The highest BCUT2D eigenvalue weighted by molar-refractivity contribution is 6.03. The van der Waals surface area contributed by atoms with Crippen LogP contribution in [0.15, 0.2) is 42.5 Å². The second-order valence-electron chi connectivity index (χ2n) is 9.62. The van der Waals surface area contributed by atoms with Crippen molar-refractivity contribution in [3.63, 3.8) is 0 Å². The number of methoxy groups -OCH3 is 1. The van der Waals surface area contributed by atoms with E-state index in [1.165, 1.54) is 13.2 Å². The summed E-state index contributed by atoms with van der Waals surface area (Å²) in [6, 6.07) is 14.1. The van der Waals surface area contributed by atoms with Crippen LogP contribution in [0.1, 0.15) is 66.1 Å². The summed E-state index contributed by atoms with van der Waals surface area (Å²) in [6.45, 7) is 5.37. The van der Waals surface area contributed by atoms with Gasteiger partial charge in [-0.15, -0.1) is 0 Å². The van der Waals surface area contributed by atoms with E-state index in [0.717, 1.165) is 31.2 Å². The molecule has 0 spiro atoms. The number of carbonyl (C=O) groups is 3. The van der Waals surface area contributed by atoms with E-state index in [1.54, 1.807) is 13.0 Å². The Balaban J connectivity index is 1.87. The molecule has 1 fully saturated rings. The lowest BCUT2D eigenvalue weighted by atomic mass is 10.0. The largest absolute Gasteiger partial charge is 0.465 e. The van der Waals surface area contributed by atoms with Gasteiger partial charge in [-0.25, -0.2) is 9.59 Å². The fraction of sp³-hybridized carbons (Fsp3) is 0.448. The van der Waals surface area contributed by atoms with Crippen LogP contribution in [0, 0.1) is 18.3 Å². The lowest BCUT2D eigenvalue weighted by molar-refractivity contribution is -0.935. The number of aryl methyl sites for hydroxylation is 1. The molecule has 8 heteroatoms. The molecule has 1 saturated heterocycles. The van der Waals surface area contributed by atoms with Crippen molar-refractivity contribution in [2.24, 2.45) is 0 Å². The number of hydrogen-bond donors (Lipinski definition) is 1. The first-order valence-corrected chi connectivity index (χ1v) is 12.8. The number of nitriles is 1. The van der Waals surface area contributed by atoms with Crippen LogP contribution < -0.4 is 5.32 Å². The third-order valence-electron chi connectivity index (χ3n) is 7.11. The van der Waals surface area contributed by atoms with Gasteiger partial charge in [0, 0.05) is 6.42 Å². The number of hydrogen-bond acceptors (Lipinski definition) is 6. The molecule has 196 valence electrons. The molecule has 0 radical (unpaired) electrons. The van der Waals surface area contributed by atoms with Crippen molar-refractivity contribution >= 4 is 23.5 Å². The molecule has 0 saturated carbocycles. The minimum Gasteiger partial charge on any atom is -0.465 e. The molecule has 37 heavy (non-hydrogen) atoms. The first-order valence-electron chi connectivity index (χ1n) is 12.8. The molecule has 8 nitrogen and oxygen atoms in total. The summed E-state index contributed by atoms with van der Waals surface area (Å²) in [6.07, 6.45) is 4.45. The van der Waals surface area contributed by atoms with E-state index >= 15 is 0 Å². The monoisotopic (exact) mass is 506 g/mol. The van der Waals surface area contributed by atoms with Gasteiger partial charge in [-0.05, 0) is 55.9 Å². The zero-order chi connectivity index (χ0) is 26.8. The summed E-state index contributed by atoms with van der Waals surface area (Å²) in [5.74, 6) is -1.23. The molecule has 0 aliphatic carbocycles. The number of carbonyl (C=O) groups excluding carboxylic acids is 3. The van der Waals surface area contributed by atoms with Crippen LogP contribution in [-0.2, 0) is 25.7 Å². The lowest BCUT2D eigenvalue weighted by Gasteiger charge is -2.42. The molecule has 1 amide bonds. The van der Waals surface area contributed by atoms with Crippen LogP contribution in [0.2, 0.25) is 0 Å². The summed E-state index contributed by atoms with van der Waals surface area (Å²) in [4.78, 5) is 39.3. The van der Waals surface area contributed by atoms with E-state index in [0.29, 0.717) is 40.8 Å². The van der Waals surface area contributed by atoms with Crippen LogP contribution in [0.25, 0.3) is 0 Å². The molecule has 2 aromatic carbocycles. The molecule has 1 aliphatic heterocycles. The highest BCUT2D eigenvalue weighted by Crippen LogP contribution is 2.28. The van der Waals surface area contributed by atoms with Gasteiger partial charge >= 0.3 is 11.9 Å². The minimum absolute atomic E-state index is 0.106. The van der Waals surface area contributed by atoms with Gasteiger partial charge in [0.1, 0.15) is 6.61 Å². The molecule has 0 bridgehead atoms. The van der Waals surface area contributed by atoms with Crippen molar-refractivity contribution in [3.05, 3.63) is 64.7 Å². The van der Waals surface area contributed by atoms with Gasteiger partial charge in [-0.1, -0.05) is 37.3 Å². The van der Waals surface area contributed by atoms with Crippen molar-refractivity contribution in [3.8, 4) is 6.07 Å². The smallest absolute Gasteiger partial charge is 0.362 e. The normalized spacial score (nSPS) is 15.5. The molecule has 3 rings (SSSR count). The summed E-state index contributed by atoms with van der Waals surface area (Å²) < 4.78 is 10.8. The zero-order valence-corrected chi connectivity index (χ0v) is 21.9. The van der Waals surface area contributed by atoms with Gasteiger partial charge in [-0.3, -0.25) is 4.79 Å². The van der Waals surface area contributed by atoms with Crippen molar-refractivity contribution in [2.45, 2.75) is 58.6 Å². The second kappa shape index (κ2) is 13.0. The van der Waals surface area contributed by atoms with Crippen LogP contribution in [-0.4, -0.2) is 55.1 Å². The maximum Gasteiger partial charge on any atom is 0.362 e. The van der Waals surface area contributed by atoms with Crippen molar-refractivity contribution in [1.82, 2.24) is 0 Å². The predicted octanol–water partition coefficient (Wildman–Crippen LogP) is 4.50. The molecule has 1 atom stereocenters. The molecule has 1 unspecified atom stereocenters. The van der Waals surface area contributed by atoms with E-state index in [2.05, 4.69) is 5.32 Å². The van der Waals surface area contributed by atoms with E-state index in [4.69, 9.17) is 9.47 Å². The highest BCUT2D eigenvalue weighted by atomic mass is 16.5. The number of amides is 1. The third-order valence-corrected chi connectivity index (χ3v) is 7.11.